The van der Waals surface area contributed by atoms with Crippen molar-refractivity contribution in [1.82, 2.24) is 24.4 Å². The normalized spacial score (nSPS) is 13.8. The fraction of sp³-hybridized carbons (Fsp3) is 0.529. The van der Waals surface area contributed by atoms with Crippen LogP contribution in [0.15, 0.2) is 18.3 Å². The van der Waals surface area contributed by atoms with Gasteiger partial charge in [0.05, 0.1) is 11.9 Å². The second-order valence-corrected chi connectivity index (χ2v) is 4.95. The molecule has 7 heteroatoms. The SMILES string of the molecule is CC.CC.Cc1ccc2nc(C(=O)N3CCN(C)C(=O)C3)cn2n1. The lowest BCUT2D eigenvalue weighted by atomic mass is 10.3. The van der Waals surface area contributed by atoms with E-state index >= 15 is 0 Å². The number of aromatic nitrogens is 3. The number of fused-ring (bicyclic) bond motifs is 1. The summed E-state index contributed by atoms with van der Waals surface area (Å²) in [5, 5.41) is 4.26. The van der Waals surface area contributed by atoms with E-state index in [0.717, 1.165) is 5.69 Å². The van der Waals surface area contributed by atoms with Gasteiger partial charge >= 0.3 is 0 Å². The van der Waals surface area contributed by atoms with E-state index in [1.165, 1.54) is 4.90 Å². The zero-order valence-corrected chi connectivity index (χ0v) is 15.4. The van der Waals surface area contributed by atoms with Gasteiger partial charge in [0, 0.05) is 20.1 Å². The predicted octanol–water partition coefficient (Wildman–Crippen LogP) is 2.00. The third-order valence-electron chi connectivity index (χ3n) is 3.42. The molecule has 0 spiro atoms. The molecular weight excluding hydrogens is 306 g/mol. The van der Waals surface area contributed by atoms with Crippen molar-refractivity contribution in [3.8, 4) is 0 Å². The van der Waals surface area contributed by atoms with Gasteiger partial charge in [0.25, 0.3) is 5.91 Å². The van der Waals surface area contributed by atoms with E-state index in [9.17, 15) is 9.59 Å². The molecule has 2 aromatic rings. The number of carbonyl (C=O) groups excluding carboxylic acids is 2. The third-order valence-corrected chi connectivity index (χ3v) is 3.42. The Kier molecular flexibility index (Phi) is 7.35. The summed E-state index contributed by atoms with van der Waals surface area (Å²) >= 11 is 0. The molecule has 1 fully saturated rings. The quantitative estimate of drug-likeness (QED) is 0.800. The number of aryl methyl sites for hydroxylation is 1. The number of imidazole rings is 1. The highest BCUT2D eigenvalue weighted by Gasteiger charge is 2.27. The van der Waals surface area contributed by atoms with Gasteiger partial charge in [0.1, 0.15) is 12.2 Å². The lowest BCUT2D eigenvalue weighted by Crippen LogP contribution is -2.50. The average Bonchev–Trinajstić information content (AvgIpc) is 3.03. The molecule has 2 amide bonds. The Labute approximate surface area is 143 Å². The Hall–Kier alpha value is -2.44. The van der Waals surface area contributed by atoms with Crippen LogP contribution in [0.3, 0.4) is 0 Å². The molecule has 0 N–H and O–H groups in total. The Morgan fingerprint density at radius 2 is 1.79 bits per heavy atom. The molecule has 0 radical (unpaired) electrons. The average molecular weight is 333 g/mol. The van der Waals surface area contributed by atoms with Gasteiger partial charge in [-0.1, -0.05) is 27.7 Å². The van der Waals surface area contributed by atoms with Crippen LogP contribution in [0.25, 0.3) is 5.65 Å². The van der Waals surface area contributed by atoms with E-state index in [0.29, 0.717) is 24.4 Å². The highest BCUT2D eigenvalue weighted by Crippen LogP contribution is 2.10. The van der Waals surface area contributed by atoms with Crippen molar-refractivity contribution in [2.75, 3.05) is 26.7 Å². The smallest absolute Gasteiger partial charge is 0.274 e. The lowest BCUT2D eigenvalue weighted by molar-refractivity contribution is -0.133. The van der Waals surface area contributed by atoms with Crippen LogP contribution in [0.2, 0.25) is 0 Å². The number of carbonyl (C=O) groups is 2. The van der Waals surface area contributed by atoms with Crippen LogP contribution in [0.1, 0.15) is 43.9 Å². The highest BCUT2D eigenvalue weighted by atomic mass is 16.2. The Morgan fingerprint density at radius 3 is 2.42 bits per heavy atom. The second-order valence-electron chi connectivity index (χ2n) is 4.95. The molecule has 0 atom stereocenters. The maximum atomic E-state index is 12.4. The summed E-state index contributed by atoms with van der Waals surface area (Å²) < 4.78 is 1.58. The Balaban J connectivity index is 0.000000671. The summed E-state index contributed by atoms with van der Waals surface area (Å²) in [7, 11) is 1.74. The summed E-state index contributed by atoms with van der Waals surface area (Å²) in [6, 6.07) is 3.66. The van der Waals surface area contributed by atoms with Crippen molar-refractivity contribution in [3.63, 3.8) is 0 Å². The van der Waals surface area contributed by atoms with Gasteiger partial charge in [-0.2, -0.15) is 5.10 Å². The number of rotatable bonds is 1. The number of hydrogen-bond donors (Lipinski definition) is 0. The maximum Gasteiger partial charge on any atom is 0.274 e. The highest BCUT2D eigenvalue weighted by molar-refractivity contribution is 5.95. The summed E-state index contributed by atoms with van der Waals surface area (Å²) in [4.78, 5) is 31.4. The van der Waals surface area contributed by atoms with Crippen molar-refractivity contribution >= 4 is 17.5 Å². The topological polar surface area (TPSA) is 70.8 Å². The minimum absolute atomic E-state index is 0.0534. The molecular formula is C17H27N5O2. The molecule has 0 saturated carbocycles. The van der Waals surface area contributed by atoms with Gasteiger partial charge in [-0.05, 0) is 19.1 Å². The van der Waals surface area contributed by atoms with Crippen LogP contribution in [0, 0.1) is 6.92 Å². The van der Waals surface area contributed by atoms with Crippen LogP contribution < -0.4 is 0 Å². The molecule has 1 aliphatic rings. The van der Waals surface area contributed by atoms with E-state index < -0.39 is 0 Å². The molecule has 0 aliphatic carbocycles. The fourth-order valence-electron chi connectivity index (χ4n) is 2.17. The lowest BCUT2D eigenvalue weighted by Gasteiger charge is -2.31. The monoisotopic (exact) mass is 333 g/mol. The first-order valence-electron chi connectivity index (χ1n) is 8.41. The van der Waals surface area contributed by atoms with Crippen LogP contribution >= 0.6 is 0 Å². The standard InChI is InChI=1S/C13H15N5O2.2C2H6/c1-9-3-4-11-14-10(7-18(11)15-9)13(20)17-6-5-16(2)12(19)8-17;2*1-2/h3-4,7H,5-6,8H2,1-2H3;2*1-2H3. The summed E-state index contributed by atoms with van der Waals surface area (Å²) in [5.74, 6) is -0.281. The fourth-order valence-corrected chi connectivity index (χ4v) is 2.17. The number of nitrogens with zero attached hydrogens (tertiary/aromatic N) is 5. The van der Waals surface area contributed by atoms with Crippen molar-refractivity contribution < 1.29 is 9.59 Å². The number of hydrogen-bond acceptors (Lipinski definition) is 4. The van der Waals surface area contributed by atoms with Crippen molar-refractivity contribution in [2.45, 2.75) is 34.6 Å². The number of amides is 2. The van der Waals surface area contributed by atoms with E-state index in [1.807, 2.05) is 46.8 Å². The van der Waals surface area contributed by atoms with Crippen LogP contribution in [0.5, 0.6) is 0 Å². The zero-order chi connectivity index (χ0) is 18.3. The molecule has 1 saturated heterocycles. The molecule has 132 valence electrons. The molecule has 0 unspecified atom stereocenters. The van der Waals surface area contributed by atoms with Crippen molar-refractivity contribution in [3.05, 3.63) is 29.7 Å². The molecule has 0 aromatic carbocycles. The minimum atomic E-state index is -0.227. The molecule has 3 rings (SSSR count). The molecule has 0 bridgehead atoms. The maximum absolute atomic E-state index is 12.4. The molecule has 24 heavy (non-hydrogen) atoms. The van der Waals surface area contributed by atoms with Gasteiger partial charge in [-0.3, -0.25) is 9.59 Å². The predicted molar refractivity (Wildman–Crippen MR) is 94.0 cm³/mol. The van der Waals surface area contributed by atoms with Crippen LogP contribution in [-0.2, 0) is 4.79 Å². The first-order valence-corrected chi connectivity index (χ1v) is 8.41. The number of likely N-dealkylation sites (N-methyl/N-ethyl adjacent to an activating group) is 1. The van der Waals surface area contributed by atoms with E-state index in [4.69, 9.17) is 0 Å². The van der Waals surface area contributed by atoms with E-state index in [2.05, 4.69) is 10.1 Å². The van der Waals surface area contributed by atoms with Gasteiger partial charge < -0.3 is 9.80 Å². The summed E-state index contributed by atoms with van der Waals surface area (Å²) in [5.41, 5.74) is 1.79. The first-order chi connectivity index (χ1) is 11.5. The summed E-state index contributed by atoms with van der Waals surface area (Å²) in [6.45, 7) is 11.1. The zero-order valence-electron chi connectivity index (χ0n) is 15.4. The third kappa shape index (κ3) is 4.31. The minimum Gasteiger partial charge on any atom is -0.342 e. The number of piperazine rings is 1. The van der Waals surface area contributed by atoms with E-state index in [1.54, 1.807) is 22.7 Å². The molecule has 2 aromatic heterocycles. The van der Waals surface area contributed by atoms with Crippen LogP contribution in [-0.4, -0.2) is 62.9 Å². The van der Waals surface area contributed by atoms with Crippen molar-refractivity contribution in [2.24, 2.45) is 0 Å². The Morgan fingerprint density at radius 1 is 1.12 bits per heavy atom. The molecule has 1 aliphatic heterocycles. The summed E-state index contributed by atoms with van der Waals surface area (Å²) in [6.07, 6.45) is 1.60. The Bertz CT molecular complexity index is 695. The van der Waals surface area contributed by atoms with Gasteiger partial charge in [-0.15, -0.1) is 0 Å². The van der Waals surface area contributed by atoms with Gasteiger partial charge in [0.15, 0.2) is 5.65 Å². The van der Waals surface area contributed by atoms with Gasteiger partial charge in [0.2, 0.25) is 5.91 Å². The van der Waals surface area contributed by atoms with Crippen LogP contribution in [0.4, 0.5) is 0 Å². The second kappa shape index (κ2) is 9.00. The van der Waals surface area contributed by atoms with Crippen molar-refractivity contribution in [1.29, 1.82) is 0 Å². The first kappa shape index (κ1) is 19.6. The molecule has 3 heterocycles. The largest absolute Gasteiger partial charge is 0.342 e. The van der Waals surface area contributed by atoms with E-state index in [-0.39, 0.29) is 18.4 Å². The van der Waals surface area contributed by atoms with Gasteiger partial charge in [-0.25, -0.2) is 9.50 Å². The molecule has 7 nitrogen and oxygen atoms in total.